The first-order valence-corrected chi connectivity index (χ1v) is 17.5. The number of hydrogen-bond donors (Lipinski definition) is 1. The maximum atomic E-state index is 14.9. The molecule has 3 atom stereocenters. The molecule has 1 amide bonds. The summed E-state index contributed by atoms with van der Waals surface area (Å²) in [6.07, 6.45) is -2.07. The second-order valence-electron chi connectivity index (χ2n) is 13.3. The van der Waals surface area contributed by atoms with Gasteiger partial charge in [-0.2, -0.15) is 13.2 Å². The Morgan fingerprint density at radius 2 is 1.80 bits per heavy atom. The Labute approximate surface area is 299 Å². The van der Waals surface area contributed by atoms with Crippen molar-refractivity contribution in [1.82, 2.24) is 15.3 Å². The first-order chi connectivity index (χ1) is 24.1. The third-order valence-electron chi connectivity index (χ3n) is 8.11. The zero-order valence-corrected chi connectivity index (χ0v) is 30.2. The molecule has 1 N–H and O–H groups in total. The SMILES string of the molecule is CCOC(=O)[C@H](Cc1ccc(-c2csc3c(O[C@H](c4ccc(C)cc4C4C=CC(C)=NCC4)C(F)(F)F)ncnc23)cc1)NC(=O)OC(C)(C)C. The average molecular weight is 723 g/mol. The average Bonchev–Trinajstić information content (AvgIpc) is 3.37. The van der Waals surface area contributed by atoms with Crippen LogP contribution in [0.5, 0.6) is 5.88 Å². The number of rotatable bonds is 10. The molecule has 0 saturated carbocycles. The Balaban J connectivity index is 1.41. The number of aryl methyl sites for hydroxylation is 1. The molecule has 0 aliphatic carbocycles. The van der Waals surface area contributed by atoms with E-state index in [4.69, 9.17) is 14.2 Å². The van der Waals surface area contributed by atoms with Crippen LogP contribution in [0.4, 0.5) is 18.0 Å². The highest BCUT2D eigenvalue weighted by Crippen LogP contribution is 2.44. The van der Waals surface area contributed by atoms with E-state index in [2.05, 4.69) is 20.3 Å². The minimum absolute atomic E-state index is 0.0312. The molecular weight excluding hydrogens is 682 g/mol. The molecule has 5 rings (SSSR count). The Morgan fingerprint density at radius 1 is 1.06 bits per heavy atom. The minimum atomic E-state index is -4.74. The van der Waals surface area contributed by atoms with Crippen molar-refractivity contribution in [1.29, 1.82) is 0 Å². The van der Waals surface area contributed by atoms with Crippen molar-refractivity contribution in [3.63, 3.8) is 0 Å². The lowest BCUT2D eigenvalue weighted by molar-refractivity contribution is -0.198. The van der Waals surface area contributed by atoms with Crippen molar-refractivity contribution in [2.75, 3.05) is 13.2 Å². The van der Waals surface area contributed by atoms with E-state index in [1.165, 1.54) is 23.7 Å². The monoisotopic (exact) mass is 722 g/mol. The van der Waals surface area contributed by atoms with Crippen molar-refractivity contribution in [2.24, 2.45) is 4.99 Å². The smallest absolute Gasteiger partial charge is 0.429 e. The molecule has 3 heterocycles. The van der Waals surface area contributed by atoms with E-state index >= 15 is 0 Å². The number of amides is 1. The number of aromatic nitrogens is 2. The van der Waals surface area contributed by atoms with E-state index in [0.717, 1.165) is 22.4 Å². The Kier molecular flexibility index (Phi) is 11.5. The standard InChI is InChI=1S/C38H41F3N4O5S/c1-7-48-35(46)30(45-36(47)50-37(4,5)6)19-24-10-13-25(14-11-24)29-20-51-32-31(29)43-21-44-34(32)49-33(38(39,40)41)27-15-8-22(2)18-28(27)26-12-9-23(3)42-17-16-26/h8-15,18,20-21,26,30,33H,7,16-17,19H2,1-6H3,(H,45,47)/t26?,30-,33+/m0/s1. The summed E-state index contributed by atoms with van der Waals surface area (Å²) in [5.74, 6) is -1.02. The van der Waals surface area contributed by atoms with Crippen LogP contribution < -0.4 is 10.1 Å². The van der Waals surface area contributed by atoms with Crippen LogP contribution in [-0.4, -0.2) is 58.7 Å². The van der Waals surface area contributed by atoms with E-state index in [1.807, 2.05) is 38.1 Å². The molecule has 2 aromatic carbocycles. The molecule has 51 heavy (non-hydrogen) atoms. The zero-order valence-electron chi connectivity index (χ0n) is 29.3. The van der Waals surface area contributed by atoms with Gasteiger partial charge < -0.3 is 19.5 Å². The molecule has 0 spiro atoms. The van der Waals surface area contributed by atoms with Crippen molar-refractivity contribution in [3.8, 4) is 17.0 Å². The number of carbonyl (C=O) groups is 2. The summed E-state index contributed by atoms with van der Waals surface area (Å²) in [6.45, 7) is 11.2. The topological polar surface area (TPSA) is 112 Å². The summed E-state index contributed by atoms with van der Waals surface area (Å²) in [4.78, 5) is 38.1. The molecule has 0 saturated heterocycles. The largest absolute Gasteiger partial charge is 0.464 e. The zero-order chi connectivity index (χ0) is 36.9. The normalized spacial score (nSPS) is 16.2. The van der Waals surface area contributed by atoms with Crippen LogP contribution >= 0.6 is 11.3 Å². The molecule has 0 radical (unpaired) electrons. The Bertz CT molecular complexity index is 1930. The van der Waals surface area contributed by atoms with Crippen molar-refractivity contribution in [2.45, 2.75) is 84.2 Å². The van der Waals surface area contributed by atoms with Crippen molar-refractivity contribution >= 4 is 39.3 Å². The third kappa shape index (κ3) is 9.52. The number of alkyl carbamates (subject to hydrolysis) is 1. The minimum Gasteiger partial charge on any atom is -0.464 e. The summed E-state index contributed by atoms with van der Waals surface area (Å²) in [7, 11) is 0. The fourth-order valence-corrected chi connectivity index (χ4v) is 6.74. The Hall–Kier alpha value is -4.78. The van der Waals surface area contributed by atoms with Crippen LogP contribution in [0.25, 0.3) is 21.3 Å². The second kappa shape index (κ2) is 15.6. The number of aliphatic imine (C=N–C) groups is 1. The van der Waals surface area contributed by atoms with Gasteiger partial charge in [-0.25, -0.2) is 19.6 Å². The van der Waals surface area contributed by atoms with Crippen molar-refractivity contribution in [3.05, 3.63) is 88.6 Å². The van der Waals surface area contributed by atoms with Crippen LogP contribution in [0.3, 0.4) is 0 Å². The molecule has 2 aromatic heterocycles. The molecule has 0 fully saturated rings. The molecule has 1 unspecified atom stereocenters. The summed E-state index contributed by atoms with van der Waals surface area (Å²) in [6, 6.07) is 11.2. The van der Waals surface area contributed by atoms with Crippen LogP contribution in [0.2, 0.25) is 0 Å². The maximum absolute atomic E-state index is 14.9. The molecule has 1 aliphatic heterocycles. The van der Waals surface area contributed by atoms with Gasteiger partial charge in [-0.1, -0.05) is 54.1 Å². The number of benzene rings is 2. The van der Waals surface area contributed by atoms with Gasteiger partial charge in [0, 0.05) is 41.1 Å². The Morgan fingerprint density at radius 3 is 2.49 bits per heavy atom. The summed E-state index contributed by atoms with van der Waals surface area (Å²) in [5, 5.41) is 4.39. The van der Waals surface area contributed by atoms with Gasteiger partial charge in [-0.05, 0) is 70.7 Å². The molecule has 13 heteroatoms. The lowest BCUT2D eigenvalue weighted by Crippen LogP contribution is -2.45. The second-order valence-corrected chi connectivity index (χ2v) is 14.2. The number of ether oxygens (including phenoxy) is 3. The number of allylic oxidation sites excluding steroid dienone is 2. The highest BCUT2D eigenvalue weighted by Gasteiger charge is 2.45. The predicted octanol–water partition coefficient (Wildman–Crippen LogP) is 8.85. The lowest BCUT2D eigenvalue weighted by Gasteiger charge is -2.26. The van der Waals surface area contributed by atoms with Crippen LogP contribution in [0.15, 0.2) is 71.3 Å². The number of alkyl halides is 3. The molecule has 1 aliphatic rings. The molecule has 270 valence electrons. The number of hydrogen-bond acceptors (Lipinski definition) is 9. The van der Waals surface area contributed by atoms with Gasteiger partial charge in [0.05, 0.1) is 12.1 Å². The summed E-state index contributed by atoms with van der Waals surface area (Å²) < 4.78 is 61.2. The highest BCUT2D eigenvalue weighted by atomic mass is 32.1. The number of carbonyl (C=O) groups excluding carboxylic acids is 2. The van der Waals surface area contributed by atoms with Crippen LogP contribution in [0.1, 0.15) is 75.3 Å². The van der Waals surface area contributed by atoms with Gasteiger partial charge in [-0.3, -0.25) is 4.99 Å². The number of esters is 1. The van der Waals surface area contributed by atoms with Crippen LogP contribution in [-0.2, 0) is 20.7 Å². The number of fused-ring (bicyclic) bond motifs is 1. The number of nitrogens with zero attached hydrogens (tertiary/aromatic N) is 3. The summed E-state index contributed by atoms with van der Waals surface area (Å²) >= 11 is 1.19. The van der Waals surface area contributed by atoms with E-state index in [0.29, 0.717) is 34.3 Å². The summed E-state index contributed by atoms with van der Waals surface area (Å²) in [5.41, 5.74) is 4.11. The quantitative estimate of drug-likeness (QED) is 0.163. The molecular formula is C38H41F3N4O5S. The lowest BCUT2D eigenvalue weighted by atomic mass is 9.87. The maximum Gasteiger partial charge on any atom is 0.429 e. The first-order valence-electron chi connectivity index (χ1n) is 16.6. The van der Waals surface area contributed by atoms with E-state index < -0.39 is 36.0 Å². The number of thiophene rings is 1. The fourth-order valence-electron chi connectivity index (χ4n) is 5.78. The molecule has 0 bridgehead atoms. The van der Waals surface area contributed by atoms with Crippen molar-refractivity contribution < 1.29 is 37.0 Å². The van der Waals surface area contributed by atoms with Gasteiger partial charge in [0.2, 0.25) is 12.0 Å². The van der Waals surface area contributed by atoms with Crippen LogP contribution in [0, 0.1) is 6.92 Å². The van der Waals surface area contributed by atoms with Gasteiger partial charge in [-0.15, -0.1) is 11.3 Å². The fraction of sp³-hybridized carbons (Fsp3) is 0.395. The predicted molar refractivity (Wildman–Crippen MR) is 191 cm³/mol. The number of nitrogens with one attached hydrogen (secondary N) is 1. The molecule has 9 nitrogen and oxygen atoms in total. The number of halogens is 3. The van der Waals surface area contributed by atoms with Gasteiger partial charge >= 0.3 is 18.2 Å². The van der Waals surface area contributed by atoms with Gasteiger partial charge in [0.1, 0.15) is 22.7 Å². The first kappa shape index (κ1) is 37.5. The van der Waals surface area contributed by atoms with E-state index in [-0.39, 0.29) is 30.4 Å². The highest BCUT2D eigenvalue weighted by molar-refractivity contribution is 7.18. The molecule has 4 aromatic rings. The van der Waals surface area contributed by atoms with Gasteiger partial charge in [0.25, 0.3) is 0 Å². The third-order valence-corrected chi connectivity index (χ3v) is 9.07. The van der Waals surface area contributed by atoms with E-state index in [9.17, 15) is 22.8 Å². The van der Waals surface area contributed by atoms with Gasteiger partial charge in [0.15, 0.2) is 0 Å². The van der Waals surface area contributed by atoms with E-state index in [1.54, 1.807) is 57.3 Å².